The number of hydrogen-bond acceptors (Lipinski definition) is 7. The van der Waals surface area contributed by atoms with Gasteiger partial charge in [0.25, 0.3) is 0 Å². The van der Waals surface area contributed by atoms with Crippen LogP contribution in [0.4, 0.5) is 5.69 Å². The summed E-state index contributed by atoms with van der Waals surface area (Å²) in [5.41, 5.74) is 0.159. The molecule has 3 aromatic rings. The van der Waals surface area contributed by atoms with Crippen LogP contribution in [0.1, 0.15) is 68.5 Å². The number of benzene rings is 2. The molecule has 10 rings (SSSR count). The van der Waals surface area contributed by atoms with Crippen molar-refractivity contribution in [1.29, 1.82) is 0 Å². The molecule has 2 N–H and O–H groups in total. The largest absolute Gasteiger partial charge is 0.495 e. The Bertz CT molecular complexity index is 1840. The third-order valence-corrected chi connectivity index (χ3v) is 16.0. The van der Waals surface area contributed by atoms with E-state index in [0.29, 0.717) is 18.9 Å². The second kappa shape index (κ2) is 11.0. The Morgan fingerprint density at radius 2 is 1.63 bits per heavy atom. The Balaban J connectivity index is 1.06. The number of nitrogens with zero attached hydrogens (tertiary/aromatic N) is 2. The van der Waals surface area contributed by atoms with Gasteiger partial charge >= 0.3 is 0 Å². The molecule has 0 radical (unpaired) electrons. The van der Waals surface area contributed by atoms with Gasteiger partial charge in [-0.05, 0) is 91.8 Å². The fourth-order valence-electron chi connectivity index (χ4n) is 12.2. The minimum absolute atomic E-state index is 0.0260. The molecule has 8 unspecified atom stereocenters. The van der Waals surface area contributed by atoms with Crippen LogP contribution < -0.4 is 9.64 Å². The summed E-state index contributed by atoms with van der Waals surface area (Å²) < 4.78 is 6.80. The summed E-state index contributed by atoms with van der Waals surface area (Å²) in [7, 11) is 1.73. The molecule has 0 amide bonds. The Kier molecular flexibility index (Phi) is 7.19. The zero-order chi connectivity index (χ0) is 33.8. The number of methoxy groups -OCH3 is 1. The molecule has 8 atom stereocenters. The van der Waals surface area contributed by atoms with E-state index in [4.69, 9.17) is 4.74 Å². The number of rotatable bonds is 6. The van der Waals surface area contributed by atoms with Gasteiger partial charge in [0, 0.05) is 59.2 Å². The van der Waals surface area contributed by atoms with Crippen LogP contribution in [0.15, 0.2) is 78.4 Å². The molecule has 49 heavy (non-hydrogen) atoms. The Morgan fingerprint density at radius 1 is 0.918 bits per heavy atom. The average molecular weight is 679 g/mol. The minimum Gasteiger partial charge on any atom is -0.495 e. The topological polar surface area (TPSA) is 73.2 Å². The smallest absolute Gasteiger partial charge is 0.199 e. The number of allylic oxidation sites excluding steroid dienone is 4. The zero-order valence-electron chi connectivity index (χ0n) is 29.2. The van der Waals surface area contributed by atoms with Crippen molar-refractivity contribution in [3.8, 4) is 5.75 Å². The van der Waals surface area contributed by atoms with Gasteiger partial charge in [-0.15, -0.1) is 11.3 Å². The van der Waals surface area contributed by atoms with Crippen LogP contribution in [0, 0.1) is 33.5 Å². The third-order valence-electron chi connectivity index (χ3n) is 14.9. The van der Waals surface area contributed by atoms with Gasteiger partial charge in [-0.3, -0.25) is 9.69 Å². The van der Waals surface area contributed by atoms with E-state index in [1.807, 2.05) is 24.3 Å². The first-order valence-corrected chi connectivity index (χ1v) is 19.4. The molecule has 4 fully saturated rings. The van der Waals surface area contributed by atoms with E-state index in [-0.39, 0.29) is 34.1 Å². The highest BCUT2D eigenvalue weighted by atomic mass is 32.1. The number of anilines is 1. The van der Waals surface area contributed by atoms with Crippen molar-refractivity contribution in [3.05, 3.63) is 83.3 Å². The lowest BCUT2D eigenvalue weighted by Crippen LogP contribution is -2.67. The van der Waals surface area contributed by atoms with Gasteiger partial charge in [-0.1, -0.05) is 62.4 Å². The van der Waals surface area contributed by atoms with Crippen LogP contribution >= 0.6 is 11.3 Å². The lowest BCUT2D eigenvalue weighted by molar-refractivity contribution is -0.176. The molecule has 7 aliphatic rings. The molecule has 2 bridgehead atoms. The van der Waals surface area contributed by atoms with Crippen LogP contribution in [0.2, 0.25) is 0 Å². The maximum absolute atomic E-state index is 15.0. The van der Waals surface area contributed by atoms with Crippen molar-refractivity contribution < 1.29 is 19.7 Å². The Morgan fingerprint density at radius 3 is 2.43 bits per heavy atom. The first-order chi connectivity index (χ1) is 23.6. The summed E-state index contributed by atoms with van der Waals surface area (Å²) >= 11 is 1.61. The van der Waals surface area contributed by atoms with E-state index in [0.717, 1.165) is 96.7 Å². The number of Topliss-reactive ketones (excluding diaryl/α,β-unsaturated/α-hetero) is 1. The monoisotopic (exact) mass is 678 g/mol. The van der Waals surface area contributed by atoms with Gasteiger partial charge in [0.15, 0.2) is 5.78 Å². The van der Waals surface area contributed by atoms with Crippen molar-refractivity contribution in [3.63, 3.8) is 0 Å². The Labute approximate surface area is 294 Å². The van der Waals surface area contributed by atoms with E-state index < -0.39 is 11.0 Å². The fraction of sp³-hybridized carbons (Fsp3) is 0.548. The van der Waals surface area contributed by atoms with Crippen molar-refractivity contribution in [2.24, 2.45) is 33.5 Å². The maximum Gasteiger partial charge on any atom is 0.199 e. The third kappa shape index (κ3) is 4.31. The van der Waals surface area contributed by atoms with Gasteiger partial charge in [-0.2, -0.15) is 0 Å². The van der Waals surface area contributed by atoms with Crippen molar-refractivity contribution in [2.75, 3.05) is 44.7 Å². The van der Waals surface area contributed by atoms with Crippen LogP contribution in [0.5, 0.6) is 5.75 Å². The van der Waals surface area contributed by atoms with E-state index in [2.05, 4.69) is 72.2 Å². The molecule has 2 spiro atoms. The normalized spacial score (nSPS) is 39.7. The average Bonchev–Trinajstić information content (AvgIpc) is 3.66. The highest BCUT2D eigenvalue weighted by Gasteiger charge is 2.74. The summed E-state index contributed by atoms with van der Waals surface area (Å²) in [5.74, 6) is 1.54. The first kappa shape index (κ1) is 32.0. The number of aliphatic hydroxyl groups excluding tert-OH is 1. The number of carbonyl (C=O) groups is 1. The highest BCUT2D eigenvalue weighted by molar-refractivity contribution is 7.21. The molecule has 1 aromatic heterocycles. The number of carbonyl (C=O) groups excluding carboxylic acids is 1. The molecule has 1 aliphatic heterocycles. The van der Waals surface area contributed by atoms with Gasteiger partial charge in [0.1, 0.15) is 5.75 Å². The molecular formula is C42H50N2O4S. The summed E-state index contributed by atoms with van der Waals surface area (Å²) in [5, 5.41) is 25.1. The van der Waals surface area contributed by atoms with Crippen LogP contribution in [0.25, 0.3) is 10.1 Å². The summed E-state index contributed by atoms with van der Waals surface area (Å²) in [6.45, 7) is 9.08. The predicted octanol–water partition coefficient (Wildman–Crippen LogP) is 7.51. The van der Waals surface area contributed by atoms with Crippen LogP contribution in [0.3, 0.4) is 0 Å². The fourth-order valence-corrected chi connectivity index (χ4v) is 13.2. The van der Waals surface area contributed by atoms with E-state index in [9.17, 15) is 15.0 Å². The standard InChI is InChI=1S/C42H50N2O4S/c1-38-15-12-29(45)25-40(38)18-19-42(30(26-40)37(46)34-24-28-8-4-7-11-33(28)49-34)35(38)13-16-39(2)36(42)14-17-41(39,47)27-43-20-22-44(23-21-43)31-9-5-6-10-32(31)48-3/h4-11,18-19,24,26,29,35-36,45,47H,12-17,20-23,25,27H2,1-3H3. The molecule has 6 nitrogen and oxygen atoms in total. The predicted molar refractivity (Wildman–Crippen MR) is 196 cm³/mol. The zero-order valence-corrected chi connectivity index (χ0v) is 30.0. The van der Waals surface area contributed by atoms with Crippen molar-refractivity contribution in [2.45, 2.75) is 70.5 Å². The van der Waals surface area contributed by atoms with Crippen molar-refractivity contribution >= 4 is 32.9 Å². The van der Waals surface area contributed by atoms with Crippen LogP contribution in [-0.2, 0) is 0 Å². The number of ketones is 1. The molecular weight excluding hydrogens is 629 g/mol. The molecule has 7 heteroatoms. The number of fused-ring (bicyclic) bond motifs is 2. The van der Waals surface area contributed by atoms with Gasteiger partial charge in [0.2, 0.25) is 0 Å². The summed E-state index contributed by atoms with van der Waals surface area (Å²) in [6.07, 6.45) is 12.9. The highest BCUT2D eigenvalue weighted by Crippen LogP contribution is 2.78. The van der Waals surface area contributed by atoms with E-state index in [1.165, 1.54) is 0 Å². The second-order valence-corrected chi connectivity index (χ2v) is 17.8. The lowest BCUT2D eigenvalue weighted by Gasteiger charge is -2.71. The maximum atomic E-state index is 15.0. The second-order valence-electron chi connectivity index (χ2n) is 16.7. The SMILES string of the molecule is COc1ccccc1N1CCN(CC2(O)CCC3C45C=CC6(C=C4C(=O)c4cc7ccccc7s4)CC(O)CCC6(C)C5CCC32C)CC1. The number of thiophene rings is 1. The number of piperazine rings is 1. The molecule has 2 heterocycles. The summed E-state index contributed by atoms with van der Waals surface area (Å²) in [6, 6.07) is 18.6. The van der Waals surface area contributed by atoms with E-state index >= 15 is 0 Å². The Hall–Kier alpha value is -2.97. The molecule has 258 valence electrons. The number of aliphatic hydroxyl groups is 2. The molecule has 3 saturated carbocycles. The van der Waals surface area contributed by atoms with E-state index in [1.54, 1.807) is 18.4 Å². The van der Waals surface area contributed by atoms with Gasteiger partial charge in [-0.25, -0.2) is 0 Å². The van der Waals surface area contributed by atoms with Gasteiger partial charge in [0.05, 0.1) is 29.4 Å². The molecule has 6 aliphatic carbocycles. The molecule has 1 saturated heterocycles. The first-order valence-electron chi connectivity index (χ1n) is 18.5. The number of β-amino-alcohol motifs (C(OH)–C–C–N with tert-alkyl or cyclic N) is 1. The number of ether oxygens (including phenoxy) is 1. The molecule has 2 aromatic carbocycles. The quantitative estimate of drug-likeness (QED) is 0.208. The lowest BCUT2D eigenvalue weighted by atomic mass is 9.32. The summed E-state index contributed by atoms with van der Waals surface area (Å²) in [4.78, 5) is 20.7. The van der Waals surface area contributed by atoms with Gasteiger partial charge < -0.3 is 19.8 Å². The van der Waals surface area contributed by atoms with Crippen molar-refractivity contribution in [1.82, 2.24) is 4.90 Å². The minimum atomic E-state index is -0.834. The van der Waals surface area contributed by atoms with Crippen LogP contribution in [-0.4, -0.2) is 72.4 Å². The number of para-hydroxylation sites is 2. The number of hydrogen-bond donors (Lipinski definition) is 2.